The Morgan fingerprint density at radius 1 is 1.42 bits per heavy atom. The van der Waals surface area contributed by atoms with Crippen LogP contribution in [0.25, 0.3) is 11.2 Å². The topological polar surface area (TPSA) is 42.8 Å². The van der Waals surface area contributed by atoms with Crippen LogP contribution < -0.4 is 0 Å². The van der Waals surface area contributed by atoms with E-state index in [1.165, 1.54) is 0 Å². The monoisotopic (exact) mass is 277 g/mol. The number of H-pyrrole nitrogens is 1. The summed E-state index contributed by atoms with van der Waals surface area (Å²) in [6, 6.07) is 4.06. The molecule has 0 spiro atoms. The molecule has 1 saturated heterocycles. The average molecular weight is 277 g/mol. The predicted octanol–water partition coefficient (Wildman–Crippen LogP) is 3.22. The van der Waals surface area contributed by atoms with Crippen molar-refractivity contribution < 1.29 is 4.74 Å². The van der Waals surface area contributed by atoms with Crippen LogP contribution in [0.5, 0.6) is 0 Å². The number of imidazole rings is 1. The number of fused-ring (bicyclic) bond motifs is 1. The fraction of sp³-hybridized carbons (Fsp3) is 0.571. The first-order chi connectivity index (χ1) is 9.07. The summed E-state index contributed by atoms with van der Waals surface area (Å²) in [4.78, 5) is 7.87. The molecule has 5 heteroatoms. The molecule has 2 aromatic rings. The van der Waals surface area contributed by atoms with Gasteiger partial charge in [0.1, 0.15) is 0 Å². The summed E-state index contributed by atoms with van der Waals surface area (Å²) < 4.78 is 8.37. The molecule has 0 aromatic carbocycles. The highest BCUT2D eigenvalue weighted by atomic mass is 32.1. The molecule has 0 radical (unpaired) electrons. The largest absolute Gasteiger partial charge is 0.381 e. The quantitative estimate of drug-likeness (QED) is 0.857. The second-order valence-electron chi connectivity index (χ2n) is 5.76. The number of rotatable bonds is 2. The van der Waals surface area contributed by atoms with Crippen molar-refractivity contribution >= 4 is 23.4 Å². The van der Waals surface area contributed by atoms with Crippen molar-refractivity contribution in [2.75, 3.05) is 13.2 Å². The molecular weight excluding hydrogens is 258 g/mol. The molecule has 1 aliphatic rings. The van der Waals surface area contributed by atoms with E-state index in [0.29, 0.717) is 0 Å². The third-order valence-corrected chi connectivity index (χ3v) is 4.32. The zero-order chi connectivity index (χ0) is 13.5. The van der Waals surface area contributed by atoms with Gasteiger partial charge < -0.3 is 14.3 Å². The Hall–Kier alpha value is -1.20. The lowest BCUT2D eigenvalue weighted by atomic mass is 9.82. The highest BCUT2D eigenvalue weighted by Crippen LogP contribution is 2.32. The number of ether oxygens (including phenoxy) is 1. The molecule has 3 rings (SSSR count). The lowest BCUT2D eigenvalue weighted by Crippen LogP contribution is -2.31. The SMILES string of the molecule is Cc1ccc2[nH]c(=S)n(CC3(C)CCOCC3)c2n1. The third-order valence-electron chi connectivity index (χ3n) is 4.00. The number of hydrogen-bond donors (Lipinski definition) is 1. The van der Waals surface area contributed by atoms with E-state index >= 15 is 0 Å². The number of nitrogens with one attached hydrogen (secondary N) is 1. The Morgan fingerprint density at radius 3 is 2.89 bits per heavy atom. The fourth-order valence-electron chi connectivity index (χ4n) is 2.68. The van der Waals surface area contributed by atoms with E-state index in [1.54, 1.807) is 0 Å². The van der Waals surface area contributed by atoms with Crippen molar-refractivity contribution in [1.29, 1.82) is 0 Å². The summed E-state index contributed by atoms with van der Waals surface area (Å²) in [7, 11) is 0. The molecule has 1 N–H and O–H groups in total. The van der Waals surface area contributed by atoms with E-state index in [9.17, 15) is 0 Å². The van der Waals surface area contributed by atoms with Crippen LogP contribution in [-0.2, 0) is 11.3 Å². The summed E-state index contributed by atoms with van der Waals surface area (Å²) in [6.45, 7) is 6.92. The normalized spacial score (nSPS) is 18.8. The van der Waals surface area contributed by atoms with Gasteiger partial charge >= 0.3 is 0 Å². The molecular formula is C14H19N3OS. The van der Waals surface area contributed by atoms with Crippen LogP contribution >= 0.6 is 12.2 Å². The highest BCUT2D eigenvalue weighted by Gasteiger charge is 2.28. The Morgan fingerprint density at radius 2 is 2.16 bits per heavy atom. The van der Waals surface area contributed by atoms with Gasteiger partial charge in [0.05, 0.1) is 5.52 Å². The first kappa shape index (κ1) is 12.8. The van der Waals surface area contributed by atoms with E-state index < -0.39 is 0 Å². The van der Waals surface area contributed by atoms with Crippen LogP contribution in [0.15, 0.2) is 12.1 Å². The van der Waals surface area contributed by atoms with Crippen molar-refractivity contribution in [2.24, 2.45) is 5.41 Å². The molecule has 19 heavy (non-hydrogen) atoms. The molecule has 4 nitrogen and oxygen atoms in total. The fourth-order valence-corrected chi connectivity index (χ4v) is 2.94. The molecule has 0 bridgehead atoms. The van der Waals surface area contributed by atoms with Crippen LogP contribution in [0.3, 0.4) is 0 Å². The van der Waals surface area contributed by atoms with Gasteiger partial charge in [0, 0.05) is 25.5 Å². The predicted molar refractivity (Wildman–Crippen MR) is 77.8 cm³/mol. The zero-order valence-electron chi connectivity index (χ0n) is 11.4. The Kier molecular flexibility index (Phi) is 3.19. The molecule has 2 aromatic heterocycles. The lowest BCUT2D eigenvalue weighted by Gasteiger charge is -2.33. The van der Waals surface area contributed by atoms with E-state index in [1.807, 2.05) is 13.0 Å². The van der Waals surface area contributed by atoms with Gasteiger partial charge in [0.25, 0.3) is 0 Å². The van der Waals surface area contributed by atoms with E-state index in [0.717, 1.165) is 54.2 Å². The smallest absolute Gasteiger partial charge is 0.179 e. The number of pyridine rings is 1. The summed E-state index contributed by atoms with van der Waals surface area (Å²) in [5.41, 5.74) is 3.26. The molecule has 0 saturated carbocycles. The van der Waals surface area contributed by atoms with Crippen molar-refractivity contribution in [2.45, 2.75) is 33.2 Å². The number of aromatic amines is 1. The van der Waals surface area contributed by atoms with E-state index in [-0.39, 0.29) is 5.41 Å². The highest BCUT2D eigenvalue weighted by molar-refractivity contribution is 7.71. The molecule has 1 fully saturated rings. The molecule has 3 heterocycles. The summed E-state index contributed by atoms with van der Waals surface area (Å²) in [5.74, 6) is 0. The molecule has 0 unspecified atom stereocenters. The van der Waals surface area contributed by atoms with Crippen LogP contribution in [0.2, 0.25) is 0 Å². The maximum Gasteiger partial charge on any atom is 0.179 e. The average Bonchev–Trinajstić information content (AvgIpc) is 2.67. The van der Waals surface area contributed by atoms with Gasteiger partial charge in [-0.2, -0.15) is 0 Å². The Balaban J connectivity index is 2.02. The van der Waals surface area contributed by atoms with Gasteiger partial charge in [0.15, 0.2) is 10.4 Å². The minimum Gasteiger partial charge on any atom is -0.381 e. The van der Waals surface area contributed by atoms with Gasteiger partial charge in [-0.15, -0.1) is 0 Å². The lowest BCUT2D eigenvalue weighted by molar-refractivity contribution is 0.0158. The van der Waals surface area contributed by atoms with Crippen LogP contribution in [0, 0.1) is 17.1 Å². The number of hydrogen-bond acceptors (Lipinski definition) is 3. The Bertz CT molecular complexity index is 652. The number of nitrogens with zero attached hydrogens (tertiary/aromatic N) is 2. The van der Waals surface area contributed by atoms with Crippen molar-refractivity contribution in [3.63, 3.8) is 0 Å². The van der Waals surface area contributed by atoms with Crippen molar-refractivity contribution in [3.8, 4) is 0 Å². The maximum absolute atomic E-state index is 5.46. The zero-order valence-corrected chi connectivity index (χ0v) is 12.2. The van der Waals surface area contributed by atoms with Gasteiger partial charge in [-0.05, 0) is 49.5 Å². The third kappa shape index (κ3) is 2.44. The van der Waals surface area contributed by atoms with E-state index in [4.69, 9.17) is 17.0 Å². The molecule has 1 aliphatic heterocycles. The standard InChI is InChI=1S/C14H19N3OS/c1-10-3-4-11-12(15-10)17(13(19)16-11)9-14(2)5-7-18-8-6-14/h3-4H,5-9H2,1-2H3,(H,16,19). The van der Waals surface area contributed by atoms with Crippen molar-refractivity contribution in [1.82, 2.24) is 14.5 Å². The van der Waals surface area contributed by atoms with Crippen LogP contribution in [-0.4, -0.2) is 27.7 Å². The molecule has 0 atom stereocenters. The summed E-state index contributed by atoms with van der Waals surface area (Å²) in [5, 5.41) is 0. The minimum atomic E-state index is 0.247. The summed E-state index contributed by atoms with van der Waals surface area (Å²) in [6.07, 6.45) is 2.15. The van der Waals surface area contributed by atoms with Gasteiger partial charge in [0.2, 0.25) is 0 Å². The van der Waals surface area contributed by atoms with E-state index in [2.05, 4.69) is 27.5 Å². The van der Waals surface area contributed by atoms with Gasteiger partial charge in [-0.25, -0.2) is 4.98 Å². The van der Waals surface area contributed by atoms with Crippen molar-refractivity contribution in [3.05, 3.63) is 22.6 Å². The minimum absolute atomic E-state index is 0.247. The van der Waals surface area contributed by atoms with Gasteiger partial charge in [-0.1, -0.05) is 6.92 Å². The number of aromatic nitrogens is 3. The first-order valence-electron chi connectivity index (χ1n) is 6.71. The Labute approximate surface area is 117 Å². The molecule has 102 valence electrons. The first-order valence-corrected chi connectivity index (χ1v) is 7.12. The maximum atomic E-state index is 5.46. The second kappa shape index (κ2) is 4.72. The molecule has 0 aliphatic carbocycles. The van der Waals surface area contributed by atoms with Crippen LogP contribution in [0.1, 0.15) is 25.5 Å². The molecule has 0 amide bonds. The number of aryl methyl sites for hydroxylation is 1. The second-order valence-corrected chi connectivity index (χ2v) is 6.15. The van der Waals surface area contributed by atoms with Gasteiger partial charge in [-0.3, -0.25) is 0 Å². The van der Waals surface area contributed by atoms with Crippen LogP contribution in [0.4, 0.5) is 0 Å². The summed E-state index contributed by atoms with van der Waals surface area (Å²) >= 11 is 5.45.